The van der Waals surface area contributed by atoms with E-state index in [2.05, 4.69) is 20.7 Å². The highest BCUT2D eigenvalue weighted by Crippen LogP contribution is 2.25. The monoisotopic (exact) mass is 322 g/mol. The van der Waals surface area contributed by atoms with Crippen molar-refractivity contribution in [1.82, 2.24) is 0 Å². The summed E-state index contributed by atoms with van der Waals surface area (Å²) in [5, 5.41) is 0. The van der Waals surface area contributed by atoms with Crippen LogP contribution < -0.4 is 15.2 Å². The summed E-state index contributed by atoms with van der Waals surface area (Å²) in [6.07, 6.45) is 0.431. The first-order valence-electron chi connectivity index (χ1n) is 5.02. The Morgan fingerprint density at radius 2 is 2.12 bits per heavy atom. The van der Waals surface area contributed by atoms with Crippen molar-refractivity contribution in [2.45, 2.75) is 6.42 Å². The Hall–Kier alpha value is -0.790. The van der Waals surface area contributed by atoms with Gasteiger partial charge in [-0.2, -0.15) is 0 Å². The fourth-order valence-corrected chi connectivity index (χ4v) is 2.84. The molecule has 0 aliphatic heterocycles. The molecule has 0 aliphatic carbocycles. The van der Waals surface area contributed by atoms with Crippen molar-refractivity contribution in [3.63, 3.8) is 0 Å². The highest BCUT2D eigenvalue weighted by Gasteiger charge is 2.10. The van der Waals surface area contributed by atoms with E-state index < -0.39 is 10.0 Å². The molecule has 96 valence electrons. The molecule has 0 unspecified atom stereocenters. The van der Waals surface area contributed by atoms with E-state index in [9.17, 15) is 8.42 Å². The molecule has 0 fully saturated rings. The van der Waals surface area contributed by atoms with Crippen molar-refractivity contribution in [2.24, 2.45) is 5.73 Å². The third kappa shape index (κ3) is 4.93. The van der Waals surface area contributed by atoms with E-state index in [4.69, 9.17) is 10.5 Å². The van der Waals surface area contributed by atoms with Crippen LogP contribution in [-0.4, -0.2) is 27.8 Å². The molecule has 0 saturated carbocycles. The molecule has 0 bridgehead atoms. The molecule has 1 aromatic carbocycles. The molecular weight excluding hydrogens is 308 g/mol. The van der Waals surface area contributed by atoms with Gasteiger partial charge < -0.3 is 10.5 Å². The van der Waals surface area contributed by atoms with Crippen LogP contribution in [0.4, 0.5) is 5.69 Å². The van der Waals surface area contributed by atoms with Gasteiger partial charge in [0.25, 0.3) is 0 Å². The summed E-state index contributed by atoms with van der Waals surface area (Å²) in [5.41, 5.74) is 5.75. The second-order valence-electron chi connectivity index (χ2n) is 3.44. The number of nitrogens with two attached hydrogens (primary N) is 1. The van der Waals surface area contributed by atoms with Crippen LogP contribution in [0.3, 0.4) is 0 Å². The Morgan fingerprint density at radius 1 is 1.41 bits per heavy atom. The highest BCUT2D eigenvalue weighted by molar-refractivity contribution is 9.10. The molecule has 1 aromatic rings. The zero-order valence-corrected chi connectivity index (χ0v) is 11.8. The quantitative estimate of drug-likeness (QED) is 0.832. The summed E-state index contributed by atoms with van der Waals surface area (Å²) in [7, 11) is -1.82. The van der Waals surface area contributed by atoms with Gasteiger partial charge in [-0.25, -0.2) is 8.42 Å². The molecule has 0 radical (unpaired) electrons. The van der Waals surface area contributed by atoms with Gasteiger partial charge in [0.15, 0.2) is 0 Å². The number of rotatable bonds is 6. The maximum Gasteiger partial charge on any atom is 0.232 e. The average molecular weight is 323 g/mol. The summed E-state index contributed by atoms with van der Waals surface area (Å²) >= 11 is 3.28. The van der Waals surface area contributed by atoms with Gasteiger partial charge in [-0.1, -0.05) is 15.9 Å². The largest absolute Gasteiger partial charge is 0.497 e. The number of ether oxygens (including phenoxy) is 1. The minimum absolute atomic E-state index is 0.0122. The van der Waals surface area contributed by atoms with Crippen LogP contribution in [0, 0.1) is 0 Å². The maximum absolute atomic E-state index is 11.6. The minimum atomic E-state index is -3.34. The summed E-state index contributed by atoms with van der Waals surface area (Å²) in [6, 6.07) is 5.03. The predicted octanol–water partition coefficient (Wildman–Crippen LogP) is 1.55. The van der Waals surface area contributed by atoms with Gasteiger partial charge in [0, 0.05) is 10.5 Å². The number of halogens is 1. The van der Waals surface area contributed by atoms with Crippen LogP contribution in [0.25, 0.3) is 0 Å². The molecule has 0 aromatic heterocycles. The number of anilines is 1. The van der Waals surface area contributed by atoms with Gasteiger partial charge in [0.2, 0.25) is 10.0 Å². The Bertz CT molecular complexity index is 476. The number of sulfonamides is 1. The van der Waals surface area contributed by atoms with Crippen LogP contribution in [0.2, 0.25) is 0 Å². The maximum atomic E-state index is 11.6. The lowest BCUT2D eigenvalue weighted by molar-refractivity contribution is 0.415. The predicted molar refractivity (Wildman–Crippen MR) is 71.8 cm³/mol. The Kier molecular flexibility index (Phi) is 5.23. The third-order valence-electron chi connectivity index (χ3n) is 2.00. The van der Waals surface area contributed by atoms with Crippen LogP contribution in [0.5, 0.6) is 5.75 Å². The van der Waals surface area contributed by atoms with Crippen LogP contribution >= 0.6 is 15.9 Å². The Morgan fingerprint density at radius 3 is 2.71 bits per heavy atom. The molecule has 5 nitrogen and oxygen atoms in total. The van der Waals surface area contributed by atoms with Gasteiger partial charge in [0.05, 0.1) is 18.6 Å². The lowest BCUT2D eigenvalue weighted by Crippen LogP contribution is -2.18. The second-order valence-corrected chi connectivity index (χ2v) is 6.20. The topological polar surface area (TPSA) is 81.4 Å². The molecule has 1 rings (SSSR count). The molecule has 0 atom stereocenters. The molecule has 17 heavy (non-hydrogen) atoms. The fourth-order valence-electron chi connectivity index (χ4n) is 1.24. The molecule has 3 N–H and O–H groups in total. The lowest BCUT2D eigenvalue weighted by atomic mass is 10.3. The van der Waals surface area contributed by atoms with Crippen molar-refractivity contribution in [1.29, 1.82) is 0 Å². The molecule has 0 spiro atoms. The van der Waals surface area contributed by atoms with Crippen LogP contribution in [0.1, 0.15) is 6.42 Å². The normalized spacial score (nSPS) is 11.2. The number of benzene rings is 1. The number of methoxy groups -OCH3 is 1. The van der Waals surface area contributed by atoms with E-state index in [0.29, 0.717) is 24.4 Å². The molecule has 0 saturated heterocycles. The first kappa shape index (κ1) is 14.3. The zero-order valence-electron chi connectivity index (χ0n) is 9.44. The van der Waals surface area contributed by atoms with Crippen molar-refractivity contribution < 1.29 is 13.2 Å². The first-order valence-corrected chi connectivity index (χ1v) is 7.46. The number of nitrogens with one attached hydrogen (secondary N) is 1. The van der Waals surface area contributed by atoms with Crippen molar-refractivity contribution in [3.05, 3.63) is 22.7 Å². The minimum Gasteiger partial charge on any atom is -0.497 e. The second kappa shape index (κ2) is 6.23. The lowest BCUT2D eigenvalue weighted by Gasteiger charge is -2.09. The van der Waals surface area contributed by atoms with E-state index in [-0.39, 0.29) is 5.75 Å². The van der Waals surface area contributed by atoms with Gasteiger partial charge in [-0.15, -0.1) is 0 Å². The highest BCUT2D eigenvalue weighted by atomic mass is 79.9. The molecule has 7 heteroatoms. The van der Waals surface area contributed by atoms with E-state index in [0.717, 1.165) is 4.47 Å². The molecule has 0 aliphatic rings. The summed E-state index contributed by atoms with van der Waals surface area (Å²) in [6.45, 7) is 0.350. The van der Waals surface area contributed by atoms with Gasteiger partial charge in [-0.05, 0) is 25.1 Å². The Balaban J connectivity index is 2.84. The van der Waals surface area contributed by atoms with Gasteiger partial charge in [0.1, 0.15) is 5.75 Å². The fraction of sp³-hybridized carbons (Fsp3) is 0.400. The Labute approximate surface area is 110 Å². The van der Waals surface area contributed by atoms with Crippen LogP contribution in [-0.2, 0) is 10.0 Å². The summed E-state index contributed by atoms with van der Waals surface area (Å²) < 4.78 is 31.6. The molecule has 0 amide bonds. The zero-order chi connectivity index (χ0) is 12.9. The number of hydrogen-bond donors (Lipinski definition) is 2. The van der Waals surface area contributed by atoms with Crippen molar-refractivity contribution in [3.8, 4) is 5.75 Å². The summed E-state index contributed by atoms with van der Waals surface area (Å²) in [5.74, 6) is 0.592. The first-order chi connectivity index (χ1) is 7.96. The van der Waals surface area contributed by atoms with E-state index in [1.807, 2.05) is 0 Å². The van der Waals surface area contributed by atoms with E-state index >= 15 is 0 Å². The van der Waals surface area contributed by atoms with Gasteiger partial charge >= 0.3 is 0 Å². The molecule has 0 heterocycles. The van der Waals surface area contributed by atoms with Crippen molar-refractivity contribution in [2.75, 3.05) is 24.1 Å². The third-order valence-corrected chi connectivity index (χ3v) is 3.83. The average Bonchev–Trinajstić information content (AvgIpc) is 2.25. The summed E-state index contributed by atoms with van der Waals surface area (Å²) in [4.78, 5) is 0. The standard InChI is InChI=1S/C10H15BrN2O3S/c1-16-10-6-8(11)5-9(7-10)13-17(14,15)4-2-3-12/h5-7,13H,2-4,12H2,1H3. The molecular formula is C10H15BrN2O3S. The van der Waals surface area contributed by atoms with Crippen LogP contribution in [0.15, 0.2) is 22.7 Å². The van der Waals surface area contributed by atoms with Gasteiger partial charge in [-0.3, -0.25) is 4.72 Å². The smallest absolute Gasteiger partial charge is 0.232 e. The SMILES string of the molecule is COc1cc(Br)cc(NS(=O)(=O)CCCN)c1. The van der Waals surface area contributed by atoms with Crippen molar-refractivity contribution >= 4 is 31.6 Å². The number of hydrogen-bond acceptors (Lipinski definition) is 4. The van der Waals surface area contributed by atoms with E-state index in [1.54, 1.807) is 18.2 Å². The van der Waals surface area contributed by atoms with E-state index in [1.165, 1.54) is 7.11 Å².